The summed E-state index contributed by atoms with van der Waals surface area (Å²) < 4.78 is 39.1. The number of pyridine rings is 1. The van der Waals surface area contributed by atoms with Crippen LogP contribution >= 0.6 is 11.6 Å². The van der Waals surface area contributed by atoms with Gasteiger partial charge in [0.1, 0.15) is 24.5 Å². The molecule has 0 unspecified atom stereocenters. The fraction of sp³-hybridized carbons (Fsp3) is 0.0769. The molecule has 0 saturated carbocycles. The number of alkyl halides is 2. The normalized spacial score (nSPS) is 11.3. The largest absolute Gasteiger partial charge is 0.482 e. The number of nitrogens with one attached hydrogen (secondary N) is 2. The summed E-state index contributed by atoms with van der Waals surface area (Å²) in [4.78, 5) is 27.8. The summed E-state index contributed by atoms with van der Waals surface area (Å²) in [5.41, 5.74) is 2.31. The monoisotopic (exact) mass is 521 g/mol. The Morgan fingerprint density at radius 1 is 1.03 bits per heavy atom. The number of benzene rings is 2. The average Bonchev–Trinajstić information content (AvgIpc) is 3.26. The molecule has 0 aliphatic heterocycles. The molecule has 0 atom stereocenters. The third kappa shape index (κ3) is 5.34. The van der Waals surface area contributed by atoms with Gasteiger partial charge in [-0.3, -0.25) is 4.79 Å². The van der Waals surface area contributed by atoms with Crippen molar-refractivity contribution in [2.45, 2.75) is 12.7 Å². The fourth-order valence-electron chi connectivity index (χ4n) is 3.60. The van der Waals surface area contributed by atoms with Crippen LogP contribution in [0.3, 0.4) is 0 Å². The van der Waals surface area contributed by atoms with Gasteiger partial charge in [0.15, 0.2) is 0 Å². The summed E-state index contributed by atoms with van der Waals surface area (Å²) >= 11 is 6.34. The van der Waals surface area contributed by atoms with Gasteiger partial charge in [-0.1, -0.05) is 54.1 Å². The lowest BCUT2D eigenvalue weighted by Gasteiger charge is -2.17. The number of nitrogens with zero attached hydrogens (tertiary/aromatic N) is 3. The summed E-state index contributed by atoms with van der Waals surface area (Å²) in [6.45, 7) is -0.0385. The highest BCUT2D eigenvalue weighted by Gasteiger charge is 2.42. The van der Waals surface area contributed by atoms with Crippen molar-refractivity contribution in [2.24, 2.45) is 0 Å². The second kappa shape index (κ2) is 10.2. The number of fused-ring (bicyclic) bond motifs is 1. The zero-order chi connectivity index (χ0) is 25.8. The van der Waals surface area contributed by atoms with Crippen molar-refractivity contribution in [3.8, 4) is 22.9 Å². The molecule has 186 valence electrons. The van der Waals surface area contributed by atoms with Gasteiger partial charge in [-0.05, 0) is 30.3 Å². The van der Waals surface area contributed by atoms with Crippen molar-refractivity contribution in [1.82, 2.24) is 19.9 Å². The summed E-state index contributed by atoms with van der Waals surface area (Å²) in [7, 11) is 0. The number of para-hydroxylation sites is 2. The second-order valence-corrected chi connectivity index (χ2v) is 8.19. The third-order valence-electron chi connectivity index (χ3n) is 5.24. The van der Waals surface area contributed by atoms with Crippen LogP contribution in [0.5, 0.6) is 11.6 Å². The molecule has 2 aromatic carbocycles. The van der Waals surface area contributed by atoms with E-state index in [2.05, 4.69) is 30.0 Å². The van der Waals surface area contributed by atoms with Crippen LogP contribution in [0.15, 0.2) is 85.3 Å². The minimum Gasteiger partial charge on any atom is -0.472 e. The van der Waals surface area contributed by atoms with Crippen LogP contribution in [0.1, 0.15) is 5.69 Å². The first-order valence-electron chi connectivity index (χ1n) is 11.0. The molecule has 8 nitrogen and oxygen atoms in total. The SMILES string of the molecule is O=C(Nc1cccc(COc2[nH]c3ccccc3c2-c2ncncc2Cl)n1)C(F)(F)Oc1ccccc1. The van der Waals surface area contributed by atoms with Gasteiger partial charge in [-0.25, -0.2) is 15.0 Å². The predicted octanol–water partition coefficient (Wildman–Crippen LogP) is 5.86. The van der Waals surface area contributed by atoms with Gasteiger partial charge in [-0.15, -0.1) is 0 Å². The first kappa shape index (κ1) is 24.1. The minimum atomic E-state index is -4.11. The molecule has 0 aliphatic rings. The second-order valence-electron chi connectivity index (χ2n) is 7.78. The number of amides is 1. The van der Waals surface area contributed by atoms with E-state index < -0.39 is 12.0 Å². The molecular weight excluding hydrogens is 504 g/mol. The number of carbonyl (C=O) groups excluding carboxylic acids is 1. The van der Waals surface area contributed by atoms with Crippen LogP contribution < -0.4 is 14.8 Å². The highest BCUT2D eigenvalue weighted by atomic mass is 35.5. The summed E-state index contributed by atoms with van der Waals surface area (Å²) in [6, 6.07) is 19.4. The molecule has 3 heterocycles. The molecule has 3 aromatic heterocycles. The maximum absolute atomic E-state index is 14.3. The molecule has 0 fully saturated rings. The molecule has 0 aliphatic carbocycles. The van der Waals surface area contributed by atoms with E-state index in [-0.39, 0.29) is 18.2 Å². The van der Waals surface area contributed by atoms with Gasteiger partial charge in [0.2, 0.25) is 5.88 Å². The van der Waals surface area contributed by atoms with Gasteiger partial charge in [0.25, 0.3) is 0 Å². The quantitative estimate of drug-likeness (QED) is 0.265. The van der Waals surface area contributed by atoms with E-state index in [1.165, 1.54) is 42.9 Å². The van der Waals surface area contributed by atoms with Crippen molar-refractivity contribution in [2.75, 3.05) is 5.32 Å². The maximum atomic E-state index is 14.3. The van der Waals surface area contributed by atoms with Crippen LogP contribution in [0.25, 0.3) is 22.2 Å². The van der Waals surface area contributed by atoms with Crippen LogP contribution in [-0.2, 0) is 11.4 Å². The number of aromatic amines is 1. The molecule has 0 spiro atoms. The standard InChI is InChI=1S/C26H18ClF2N5O3/c27-19-13-30-15-31-23(19)22-18-10-4-5-11-20(18)33-24(22)36-14-16-7-6-12-21(32-16)34-25(35)26(28,29)37-17-8-2-1-3-9-17/h1-13,15,33H,14H2,(H,32,34,35). The number of hydrogen-bond donors (Lipinski definition) is 2. The van der Waals surface area contributed by atoms with Gasteiger partial charge in [-0.2, -0.15) is 8.78 Å². The Balaban J connectivity index is 1.33. The highest BCUT2D eigenvalue weighted by Crippen LogP contribution is 2.39. The van der Waals surface area contributed by atoms with E-state index in [4.69, 9.17) is 16.3 Å². The van der Waals surface area contributed by atoms with Crippen LogP contribution in [0.2, 0.25) is 5.02 Å². The van der Waals surface area contributed by atoms with Crippen molar-refractivity contribution < 1.29 is 23.0 Å². The van der Waals surface area contributed by atoms with E-state index >= 15 is 0 Å². The lowest BCUT2D eigenvalue weighted by molar-refractivity contribution is -0.187. The Kier molecular flexibility index (Phi) is 6.65. The number of aromatic nitrogens is 4. The number of ether oxygens (including phenoxy) is 2. The summed E-state index contributed by atoms with van der Waals surface area (Å²) in [5.74, 6) is -1.49. The van der Waals surface area contributed by atoms with E-state index in [0.29, 0.717) is 27.9 Å². The first-order chi connectivity index (χ1) is 17.9. The van der Waals surface area contributed by atoms with E-state index in [1.54, 1.807) is 18.2 Å². The van der Waals surface area contributed by atoms with Gasteiger partial charge in [0, 0.05) is 17.1 Å². The maximum Gasteiger partial charge on any atom is 0.482 e. The Morgan fingerprint density at radius 3 is 2.62 bits per heavy atom. The Bertz CT molecular complexity index is 1560. The van der Waals surface area contributed by atoms with Crippen molar-refractivity contribution in [1.29, 1.82) is 0 Å². The molecule has 0 saturated heterocycles. The Hall–Kier alpha value is -4.57. The molecular formula is C26H18ClF2N5O3. The lowest BCUT2D eigenvalue weighted by Crippen LogP contribution is -2.40. The predicted molar refractivity (Wildman–Crippen MR) is 134 cm³/mol. The topological polar surface area (TPSA) is 102 Å². The molecule has 1 amide bonds. The van der Waals surface area contributed by atoms with Crippen molar-refractivity contribution in [3.63, 3.8) is 0 Å². The van der Waals surface area contributed by atoms with Crippen LogP contribution in [0.4, 0.5) is 14.6 Å². The minimum absolute atomic E-state index is 0.0385. The van der Waals surface area contributed by atoms with Crippen LogP contribution in [-0.4, -0.2) is 32.0 Å². The number of H-pyrrole nitrogens is 1. The number of carbonyl (C=O) groups is 1. The molecule has 5 rings (SSSR count). The zero-order valence-electron chi connectivity index (χ0n) is 19.0. The fourth-order valence-corrected chi connectivity index (χ4v) is 3.80. The molecule has 0 bridgehead atoms. The summed E-state index contributed by atoms with van der Waals surface area (Å²) in [6.07, 6.45) is -1.23. The third-order valence-corrected chi connectivity index (χ3v) is 5.52. The van der Waals surface area contributed by atoms with E-state index in [9.17, 15) is 13.6 Å². The smallest absolute Gasteiger partial charge is 0.472 e. The van der Waals surface area contributed by atoms with Crippen molar-refractivity contribution >= 4 is 34.2 Å². The zero-order valence-corrected chi connectivity index (χ0v) is 19.7. The molecule has 5 aromatic rings. The molecule has 0 radical (unpaired) electrons. The number of anilines is 1. The van der Waals surface area contributed by atoms with Gasteiger partial charge >= 0.3 is 12.0 Å². The van der Waals surface area contributed by atoms with Crippen LogP contribution in [0, 0.1) is 0 Å². The number of halogens is 3. The lowest BCUT2D eigenvalue weighted by atomic mass is 10.1. The van der Waals surface area contributed by atoms with E-state index in [1.807, 2.05) is 24.3 Å². The number of rotatable bonds is 8. The van der Waals surface area contributed by atoms with Gasteiger partial charge in [0.05, 0.1) is 22.0 Å². The Labute approximate surface area is 214 Å². The molecule has 37 heavy (non-hydrogen) atoms. The van der Waals surface area contributed by atoms with Gasteiger partial charge < -0.3 is 19.8 Å². The first-order valence-corrected chi connectivity index (χ1v) is 11.4. The molecule has 11 heteroatoms. The highest BCUT2D eigenvalue weighted by molar-refractivity contribution is 6.33. The molecule has 2 N–H and O–H groups in total. The average molecular weight is 522 g/mol. The summed E-state index contributed by atoms with van der Waals surface area (Å²) in [5, 5.41) is 3.27. The number of hydrogen-bond acceptors (Lipinski definition) is 6. The van der Waals surface area contributed by atoms with Crippen molar-refractivity contribution in [3.05, 3.63) is 96.0 Å². The van der Waals surface area contributed by atoms with E-state index in [0.717, 1.165) is 10.9 Å². The Morgan fingerprint density at radius 2 is 1.81 bits per heavy atom.